The van der Waals surface area contributed by atoms with Crippen molar-refractivity contribution in [3.05, 3.63) is 35.4 Å². The van der Waals surface area contributed by atoms with Crippen molar-refractivity contribution in [2.75, 3.05) is 19.7 Å². The molecule has 1 aromatic rings. The maximum absolute atomic E-state index is 12.4. The van der Waals surface area contributed by atoms with E-state index in [1.54, 1.807) is 0 Å². The van der Waals surface area contributed by atoms with E-state index in [2.05, 4.69) is 22.9 Å². The largest absolute Gasteiger partial charge is 0.376 e. The van der Waals surface area contributed by atoms with Gasteiger partial charge in [0.25, 0.3) is 5.91 Å². The van der Waals surface area contributed by atoms with Gasteiger partial charge in [-0.15, -0.1) is 0 Å². The predicted octanol–water partition coefficient (Wildman–Crippen LogP) is 2.59. The van der Waals surface area contributed by atoms with Crippen molar-refractivity contribution in [1.82, 2.24) is 16.0 Å². The Balaban J connectivity index is 1.55. The van der Waals surface area contributed by atoms with E-state index in [0.29, 0.717) is 24.7 Å². The third-order valence-corrected chi connectivity index (χ3v) is 5.16. The normalized spacial score (nSPS) is 20.6. The number of hydrogen-bond acceptors (Lipinski definition) is 3. The lowest BCUT2D eigenvalue weighted by Gasteiger charge is -2.16. The quantitative estimate of drug-likeness (QED) is 0.508. The second-order valence-corrected chi connectivity index (χ2v) is 7.37. The highest BCUT2D eigenvalue weighted by atomic mass is 16.5. The van der Waals surface area contributed by atoms with Gasteiger partial charge in [-0.25, -0.2) is 4.99 Å². The molecule has 1 aliphatic carbocycles. The molecule has 1 amide bonds. The zero-order chi connectivity index (χ0) is 18.9. The number of amides is 1. The minimum absolute atomic E-state index is 0.0488. The first kappa shape index (κ1) is 19.7. The van der Waals surface area contributed by atoms with Gasteiger partial charge in [-0.05, 0) is 50.3 Å². The number of nitrogens with zero attached hydrogens (tertiary/aromatic N) is 1. The number of ether oxygens (including phenoxy) is 1. The molecule has 2 aliphatic rings. The lowest BCUT2D eigenvalue weighted by molar-refractivity contribution is 0.0857. The van der Waals surface area contributed by atoms with Crippen LogP contribution in [-0.4, -0.2) is 43.7 Å². The highest BCUT2D eigenvalue weighted by Crippen LogP contribution is 2.17. The van der Waals surface area contributed by atoms with Gasteiger partial charge >= 0.3 is 0 Å². The van der Waals surface area contributed by atoms with Crippen LogP contribution in [0.1, 0.15) is 61.4 Å². The van der Waals surface area contributed by atoms with Crippen LogP contribution in [0.3, 0.4) is 0 Å². The summed E-state index contributed by atoms with van der Waals surface area (Å²) in [4.78, 5) is 17.1. The summed E-state index contributed by atoms with van der Waals surface area (Å²) in [6.45, 7) is 4.85. The number of hydrogen-bond donors (Lipinski definition) is 3. The van der Waals surface area contributed by atoms with Crippen LogP contribution in [0.5, 0.6) is 0 Å². The highest BCUT2D eigenvalue weighted by molar-refractivity contribution is 5.94. The number of carbonyl (C=O) groups is 1. The van der Waals surface area contributed by atoms with Crippen molar-refractivity contribution >= 4 is 11.9 Å². The van der Waals surface area contributed by atoms with Crippen molar-refractivity contribution in [2.24, 2.45) is 4.99 Å². The van der Waals surface area contributed by atoms with E-state index in [4.69, 9.17) is 9.73 Å². The van der Waals surface area contributed by atoms with Gasteiger partial charge in [0, 0.05) is 31.3 Å². The highest BCUT2D eigenvalue weighted by Gasteiger charge is 2.17. The van der Waals surface area contributed by atoms with Gasteiger partial charge in [-0.2, -0.15) is 0 Å². The second kappa shape index (κ2) is 10.3. The Morgan fingerprint density at radius 3 is 2.78 bits per heavy atom. The van der Waals surface area contributed by atoms with Crippen LogP contribution in [0.15, 0.2) is 29.3 Å². The van der Waals surface area contributed by atoms with E-state index >= 15 is 0 Å². The molecule has 6 heteroatoms. The zero-order valence-corrected chi connectivity index (χ0v) is 16.3. The van der Waals surface area contributed by atoms with Crippen LogP contribution in [0, 0.1) is 0 Å². The number of rotatable bonds is 7. The lowest BCUT2D eigenvalue weighted by atomic mass is 10.1. The molecule has 1 heterocycles. The van der Waals surface area contributed by atoms with E-state index in [9.17, 15) is 4.79 Å². The molecule has 1 unspecified atom stereocenters. The number of nitrogens with one attached hydrogen (secondary N) is 3. The summed E-state index contributed by atoms with van der Waals surface area (Å²) >= 11 is 0. The van der Waals surface area contributed by atoms with Crippen molar-refractivity contribution in [3.63, 3.8) is 0 Å². The molecule has 0 radical (unpaired) electrons. The molecule has 148 valence electrons. The molecule has 1 aromatic carbocycles. The minimum atomic E-state index is -0.0488. The fraction of sp³-hybridized carbons (Fsp3) is 0.619. The van der Waals surface area contributed by atoms with Crippen LogP contribution in [-0.2, 0) is 11.3 Å². The van der Waals surface area contributed by atoms with Crippen LogP contribution in [0.2, 0.25) is 0 Å². The van der Waals surface area contributed by atoms with Crippen LogP contribution in [0.25, 0.3) is 0 Å². The fourth-order valence-corrected chi connectivity index (χ4v) is 3.68. The second-order valence-electron chi connectivity index (χ2n) is 7.37. The van der Waals surface area contributed by atoms with E-state index in [0.717, 1.165) is 37.5 Å². The molecule has 1 saturated carbocycles. The fourth-order valence-electron chi connectivity index (χ4n) is 3.68. The molecule has 27 heavy (non-hydrogen) atoms. The third kappa shape index (κ3) is 6.24. The lowest BCUT2D eigenvalue weighted by Crippen LogP contribution is -2.42. The van der Waals surface area contributed by atoms with Crippen molar-refractivity contribution in [1.29, 1.82) is 0 Å². The molecule has 0 aromatic heterocycles. The van der Waals surface area contributed by atoms with E-state index < -0.39 is 0 Å². The number of benzene rings is 1. The topological polar surface area (TPSA) is 74.8 Å². The minimum Gasteiger partial charge on any atom is -0.376 e. The SMILES string of the molecule is CCNC(=NCc1cccc(C(=O)NCC2CCCO2)c1)NC1CCCC1. The number of guanidine groups is 1. The van der Waals surface area contributed by atoms with Gasteiger partial charge in [0.1, 0.15) is 0 Å². The Labute approximate surface area is 162 Å². The molecule has 0 bridgehead atoms. The molecule has 1 aliphatic heterocycles. The monoisotopic (exact) mass is 372 g/mol. The van der Waals surface area contributed by atoms with Gasteiger partial charge in [-0.1, -0.05) is 25.0 Å². The molecule has 3 N–H and O–H groups in total. The molecular formula is C21H32N4O2. The molecule has 0 spiro atoms. The first-order valence-corrected chi connectivity index (χ1v) is 10.3. The van der Waals surface area contributed by atoms with Gasteiger partial charge < -0.3 is 20.7 Å². The maximum Gasteiger partial charge on any atom is 0.251 e. The first-order chi connectivity index (χ1) is 13.2. The van der Waals surface area contributed by atoms with Gasteiger partial charge in [0.15, 0.2) is 5.96 Å². The summed E-state index contributed by atoms with van der Waals surface area (Å²) in [7, 11) is 0. The van der Waals surface area contributed by atoms with E-state index in [1.807, 2.05) is 24.3 Å². The maximum atomic E-state index is 12.4. The Hall–Kier alpha value is -2.08. The average molecular weight is 373 g/mol. The summed E-state index contributed by atoms with van der Waals surface area (Å²) < 4.78 is 5.56. The van der Waals surface area contributed by atoms with E-state index in [1.165, 1.54) is 25.7 Å². The van der Waals surface area contributed by atoms with E-state index in [-0.39, 0.29) is 12.0 Å². The molecule has 1 atom stereocenters. The summed E-state index contributed by atoms with van der Waals surface area (Å²) in [5, 5.41) is 9.81. The van der Waals surface area contributed by atoms with Crippen LogP contribution < -0.4 is 16.0 Å². The van der Waals surface area contributed by atoms with Crippen molar-refractivity contribution in [2.45, 2.75) is 64.1 Å². The Kier molecular flexibility index (Phi) is 7.51. The summed E-state index contributed by atoms with van der Waals surface area (Å²) in [5.74, 6) is 0.810. The molecule has 6 nitrogen and oxygen atoms in total. The summed E-state index contributed by atoms with van der Waals surface area (Å²) in [6.07, 6.45) is 7.27. The van der Waals surface area contributed by atoms with Crippen LogP contribution >= 0.6 is 0 Å². The predicted molar refractivity (Wildman–Crippen MR) is 108 cm³/mol. The van der Waals surface area contributed by atoms with Crippen LogP contribution in [0.4, 0.5) is 0 Å². The molecule has 1 saturated heterocycles. The summed E-state index contributed by atoms with van der Waals surface area (Å²) in [5.41, 5.74) is 1.71. The molecular weight excluding hydrogens is 340 g/mol. The Morgan fingerprint density at radius 1 is 1.19 bits per heavy atom. The van der Waals surface area contributed by atoms with Crippen molar-refractivity contribution in [3.8, 4) is 0 Å². The Bertz CT molecular complexity index is 635. The number of aliphatic imine (C=N–C) groups is 1. The Morgan fingerprint density at radius 2 is 2.04 bits per heavy atom. The van der Waals surface area contributed by atoms with Gasteiger partial charge in [0.05, 0.1) is 12.6 Å². The number of carbonyl (C=O) groups excluding carboxylic acids is 1. The summed E-state index contributed by atoms with van der Waals surface area (Å²) in [6, 6.07) is 8.23. The first-order valence-electron chi connectivity index (χ1n) is 10.3. The zero-order valence-electron chi connectivity index (χ0n) is 16.3. The van der Waals surface area contributed by atoms with Crippen molar-refractivity contribution < 1.29 is 9.53 Å². The standard InChI is InChI=1S/C21H32N4O2/c1-2-22-21(25-18-9-3-4-10-18)24-14-16-7-5-8-17(13-16)20(26)23-15-19-11-6-12-27-19/h5,7-8,13,18-19H,2-4,6,9-12,14-15H2,1H3,(H,23,26)(H2,22,24,25). The van der Waals surface area contributed by atoms with Gasteiger partial charge in [0.2, 0.25) is 0 Å². The molecule has 3 rings (SSSR count). The van der Waals surface area contributed by atoms with Gasteiger partial charge in [-0.3, -0.25) is 4.79 Å². The smallest absolute Gasteiger partial charge is 0.251 e. The third-order valence-electron chi connectivity index (χ3n) is 5.16. The average Bonchev–Trinajstić information content (AvgIpc) is 3.38. The molecule has 2 fully saturated rings.